The number of cyclic esters (lactones) is 1. The van der Waals surface area contributed by atoms with E-state index in [-0.39, 0.29) is 5.97 Å². The topological polar surface area (TPSA) is 63.6 Å². The summed E-state index contributed by atoms with van der Waals surface area (Å²) in [5.74, 6) is -1.26. The van der Waals surface area contributed by atoms with E-state index in [9.17, 15) is 14.7 Å². The summed E-state index contributed by atoms with van der Waals surface area (Å²) in [7, 11) is 0. The lowest BCUT2D eigenvalue weighted by Crippen LogP contribution is -2.38. The molecule has 1 saturated heterocycles. The molecule has 1 aliphatic heterocycles. The fourth-order valence-corrected chi connectivity index (χ4v) is 3.14. The molecule has 2 aliphatic rings. The van der Waals surface area contributed by atoms with Crippen LogP contribution in [0.15, 0.2) is 0 Å². The highest BCUT2D eigenvalue weighted by Gasteiger charge is 2.60. The maximum absolute atomic E-state index is 11.9. The molecule has 0 radical (unpaired) electrons. The van der Waals surface area contributed by atoms with E-state index in [4.69, 9.17) is 4.74 Å². The summed E-state index contributed by atoms with van der Waals surface area (Å²) in [6.07, 6.45) is 5.14. The van der Waals surface area contributed by atoms with Gasteiger partial charge in [-0.3, -0.25) is 4.79 Å². The summed E-state index contributed by atoms with van der Waals surface area (Å²) >= 11 is 0. The number of esters is 1. The number of hydrogen-bond acceptors (Lipinski definition) is 3. The number of rotatable bonds is 3. The maximum atomic E-state index is 11.9. The maximum Gasteiger partial charge on any atom is 0.348 e. The van der Waals surface area contributed by atoms with E-state index < -0.39 is 17.0 Å². The van der Waals surface area contributed by atoms with Crippen LogP contribution >= 0.6 is 0 Å². The summed E-state index contributed by atoms with van der Waals surface area (Å²) in [5.41, 5.74) is -1.72. The van der Waals surface area contributed by atoms with Crippen molar-refractivity contribution in [1.29, 1.82) is 0 Å². The molecular weight excluding hydrogens is 208 g/mol. The summed E-state index contributed by atoms with van der Waals surface area (Å²) < 4.78 is 5.25. The molecule has 1 atom stereocenters. The number of carboxylic acids is 1. The highest BCUT2D eigenvalue weighted by Crippen LogP contribution is 2.52. The van der Waals surface area contributed by atoms with E-state index in [1.165, 1.54) is 0 Å². The molecule has 2 fully saturated rings. The molecule has 1 N–H and O–H groups in total. The minimum atomic E-state index is -1.24. The summed E-state index contributed by atoms with van der Waals surface area (Å²) in [5, 5.41) is 9.28. The number of ether oxygens (including phenoxy) is 1. The van der Waals surface area contributed by atoms with Crippen molar-refractivity contribution in [3.63, 3.8) is 0 Å². The lowest BCUT2D eigenvalue weighted by atomic mass is 9.77. The molecule has 4 heteroatoms. The normalized spacial score (nSPS) is 31.9. The molecule has 1 unspecified atom stereocenters. The van der Waals surface area contributed by atoms with Crippen LogP contribution in [0, 0.1) is 5.41 Å². The molecular formula is C12H18O4. The molecule has 90 valence electrons. The minimum Gasteiger partial charge on any atom is -0.478 e. The van der Waals surface area contributed by atoms with E-state index >= 15 is 0 Å². The Morgan fingerprint density at radius 3 is 2.56 bits per heavy atom. The quantitative estimate of drug-likeness (QED) is 0.749. The van der Waals surface area contributed by atoms with Crippen molar-refractivity contribution in [1.82, 2.24) is 0 Å². The Bertz CT molecular complexity index is 317. The Labute approximate surface area is 95.0 Å². The fraction of sp³-hybridized carbons (Fsp3) is 0.833. The third-order valence-corrected chi connectivity index (χ3v) is 3.95. The average molecular weight is 226 g/mol. The Morgan fingerprint density at radius 2 is 2.06 bits per heavy atom. The van der Waals surface area contributed by atoms with Crippen molar-refractivity contribution < 1.29 is 19.4 Å². The zero-order chi connectivity index (χ0) is 11.8. The third-order valence-electron chi connectivity index (χ3n) is 3.95. The fourth-order valence-electron chi connectivity index (χ4n) is 3.14. The second kappa shape index (κ2) is 3.75. The third kappa shape index (κ3) is 1.51. The van der Waals surface area contributed by atoms with Crippen LogP contribution in [0.1, 0.15) is 51.9 Å². The Kier molecular flexibility index (Phi) is 2.68. The minimum absolute atomic E-state index is 0.277. The van der Waals surface area contributed by atoms with Crippen LogP contribution in [0.3, 0.4) is 0 Å². The second-order valence-electron chi connectivity index (χ2n) is 5.10. The van der Waals surface area contributed by atoms with Gasteiger partial charge in [0.05, 0.1) is 5.41 Å². The Hall–Kier alpha value is -1.06. The zero-order valence-electron chi connectivity index (χ0n) is 9.62. The van der Waals surface area contributed by atoms with E-state index in [1.54, 1.807) is 0 Å². The largest absolute Gasteiger partial charge is 0.478 e. The van der Waals surface area contributed by atoms with Crippen molar-refractivity contribution in [2.45, 2.75) is 57.5 Å². The SMILES string of the molecule is CCCC1(C(=O)O)CC2(CCCC2)C(=O)O1. The predicted octanol–water partition coefficient (Wildman–Crippen LogP) is 2.12. The van der Waals surface area contributed by atoms with Crippen LogP contribution in [0.4, 0.5) is 0 Å². The number of aliphatic carboxylic acids is 1. The second-order valence-corrected chi connectivity index (χ2v) is 5.10. The zero-order valence-corrected chi connectivity index (χ0v) is 9.62. The van der Waals surface area contributed by atoms with Gasteiger partial charge in [-0.15, -0.1) is 0 Å². The van der Waals surface area contributed by atoms with Gasteiger partial charge in [-0.25, -0.2) is 4.79 Å². The molecule has 1 spiro atoms. The first-order valence-electron chi connectivity index (χ1n) is 6.01. The summed E-state index contributed by atoms with van der Waals surface area (Å²) in [6.45, 7) is 1.91. The van der Waals surface area contributed by atoms with Gasteiger partial charge in [-0.1, -0.05) is 26.2 Å². The van der Waals surface area contributed by atoms with E-state index in [2.05, 4.69) is 0 Å². The molecule has 1 aliphatic carbocycles. The predicted molar refractivity (Wildman–Crippen MR) is 56.9 cm³/mol. The van der Waals surface area contributed by atoms with Crippen LogP contribution in [0.25, 0.3) is 0 Å². The molecule has 0 aromatic carbocycles. The highest BCUT2D eigenvalue weighted by atomic mass is 16.6. The lowest BCUT2D eigenvalue weighted by molar-refractivity contribution is -0.171. The number of carbonyl (C=O) groups is 2. The molecule has 0 aromatic rings. The smallest absolute Gasteiger partial charge is 0.348 e. The first-order chi connectivity index (χ1) is 7.55. The van der Waals surface area contributed by atoms with Gasteiger partial charge in [-0.05, 0) is 19.3 Å². The van der Waals surface area contributed by atoms with Gasteiger partial charge in [0.15, 0.2) is 0 Å². The molecule has 0 bridgehead atoms. The van der Waals surface area contributed by atoms with Crippen LogP contribution in [-0.2, 0) is 14.3 Å². The van der Waals surface area contributed by atoms with Gasteiger partial charge in [-0.2, -0.15) is 0 Å². The van der Waals surface area contributed by atoms with Gasteiger partial charge in [0.2, 0.25) is 5.60 Å². The van der Waals surface area contributed by atoms with Crippen molar-refractivity contribution in [3.05, 3.63) is 0 Å². The summed E-state index contributed by atoms with van der Waals surface area (Å²) in [6, 6.07) is 0. The van der Waals surface area contributed by atoms with Gasteiger partial charge in [0.25, 0.3) is 0 Å². The molecule has 4 nitrogen and oxygen atoms in total. The van der Waals surface area contributed by atoms with E-state index in [0.29, 0.717) is 12.8 Å². The van der Waals surface area contributed by atoms with Crippen LogP contribution in [0.2, 0.25) is 0 Å². The average Bonchev–Trinajstić information content (AvgIpc) is 2.76. The molecule has 0 aromatic heterocycles. The van der Waals surface area contributed by atoms with Crippen LogP contribution < -0.4 is 0 Å². The van der Waals surface area contributed by atoms with Crippen molar-refractivity contribution in [2.75, 3.05) is 0 Å². The first-order valence-corrected chi connectivity index (χ1v) is 6.01. The van der Waals surface area contributed by atoms with Gasteiger partial charge in [0.1, 0.15) is 0 Å². The molecule has 1 saturated carbocycles. The van der Waals surface area contributed by atoms with E-state index in [0.717, 1.165) is 32.1 Å². The van der Waals surface area contributed by atoms with Crippen molar-refractivity contribution in [2.24, 2.45) is 5.41 Å². The molecule has 2 rings (SSSR count). The van der Waals surface area contributed by atoms with Crippen LogP contribution in [-0.4, -0.2) is 22.6 Å². The molecule has 16 heavy (non-hydrogen) atoms. The first kappa shape index (κ1) is 11.4. The monoisotopic (exact) mass is 226 g/mol. The number of carbonyl (C=O) groups excluding carboxylic acids is 1. The van der Waals surface area contributed by atoms with Gasteiger partial charge in [0, 0.05) is 6.42 Å². The number of hydrogen-bond donors (Lipinski definition) is 1. The van der Waals surface area contributed by atoms with Crippen molar-refractivity contribution >= 4 is 11.9 Å². The highest BCUT2D eigenvalue weighted by molar-refractivity contribution is 5.89. The van der Waals surface area contributed by atoms with Gasteiger partial charge < -0.3 is 9.84 Å². The lowest BCUT2D eigenvalue weighted by Gasteiger charge is -2.23. The molecule has 1 heterocycles. The molecule has 0 amide bonds. The standard InChI is InChI=1S/C12H18O4/c1-2-5-12(9(13)14)8-11(10(15)16-12)6-3-4-7-11/h2-8H2,1H3,(H,13,14). The Balaban J connectivity index is 2.25. The van der Waals surface area contributed by atoms with Crippen LogP contribution in [0.5, 0.6) is 0 Å². The van der Waals surface area contributed by atoms with Gasteiger partial charge >= 0.3 is 11.9 Å². The van der Waals surface area contributed by atoms with E-state index in [1.807, 2.05) is 6.92 Å². The summed E-state index contributed by atoms with van der Waals surface area (Å²) in [4.78, 5) is 23.2. The number of carboxylic acid groups (broad SMARTS) is 1. The Morgan fingerprint density at radius 1 is 1.44 bits per heavy atom. The van der Waals surface area contributed by atoms with Crippen molar-refractivity contribution in [3.8, 4) is 0 Å².